The molecule has 0 spiro atoms. The van der Waals surface area contributed by atoms with E-state index in [1.807, 2.05) is 0 Å². The van der Waals surface area contributed by atoms with Crippen molar-refractivity contribution >= 4 is 0 Å². The maximum absolute atomic E-state index is 2.46. The van der Waals surface area contributed by atoms with Crippen molar-refractivity contribution in [2.75, 3.05) is 0 Å². The predicted molar refractivity (Wildman–Crippen MR) is 46.1 cm³/mol. The molecule has 4 unspecified atom stereocenters. The summed E-state index contributed by atoms with van der Waals surface area (Å²) in [7, 11) is 0. The molecule has 1 fully saturated rings. The number of hydrogen-bond donors (Lipinski definition) is 0. The summed E-state index contributed by atoms with van der Waals surface area (Å²) < 4.78 is 0. The lowest BCUT2D eigenvalue weighted by Crippen LogP contribution is -2.15. The summed E-state index contributed by atoms with van der Waals surface area (Å²) in [5.41, 5.74) is 1.67. The Morgan fingerprint density at radius 2 is 2.09 bits per heavy atom. The Kier molecular flexibility index (Phi) is 0.988. The van der Waals surface area contributed by atoms with E-state index in [1.165, 1.54) is 12.8 Å². The third-order valence-electron chi connectivity index (χ3n) is 3.86. The van der Waals surface area contributed by atoms with Crippen molar-refractivity contribution in [2.24, 2.45) is 23.7 Å². The van der Waals surface area contributed by atoms with Gasteiger partial charge in [0.2, 0.25) is 0 Å². The third kappa shape index (κ3) is 0.610. The van der Waals surface area contributed by atoms with Crippen LogP contribution in [0.1, 0.15) is 19.8 Å². The summed E-state index contributed by atoms with van der Waals surface area (Å²) in [6, 6.07) is 0. The van der Waals surface area contributed by atoms with E-state index in [2.05, 4.69) is 25.2 Å². The van der Waals surface area contributed by atoms with Gasteiger partial charge in [-0.2, -0.15) is 0 Å². The van der Waals surface area contributed by atoms with Crippen molar-refractivity contribution in [3.8, 4) is 0 Å². The van der Waals surface area contributed by atoms with Gasteiger partial charge >= 0.3 is 0 Å². The van der Waals surface area contributed by atoms with Gasteiger partial charge in [0.15, 0.2) is 0 Å². The first-order valence-electron chi connectivity index (χ1n) is 4.71. The van der Waals surface area contributed by atoms with Gasteiger partial charge in [-0.1, -0.05) is 23.8 Å². The van der Waals surface area contributed by atoms with Crippen molar-refractivity contribution < 1.29 is 0 Å². The SMILES string of the molecule is CC1=CCC2C3C=CC(C3)C12. The number of fused-ring (bicyclic) bond motifs is 5. The van der Waals surface area contributed by atoms with Crippen LogP contribution >= 0.6 is 0 Å². The molecule has 11 heavy (non-hydrogen) atoms. The van der Waals surface area contributed by atoms with E-state index in [0.717, 1.165) is 23.7 Å². The fourth-order valence-corrected chi connectivity index (χ4v) is 3.38. The van der Waals surface area contributed by atoms with Crippen LogP contribution < -0.4 is 0 Å². The average molecular weight is 146 g/mol. The van der Waals surface area contributed by atoms with E-state index in [0.29, 0.717) is 0 Å². The number of rotatable bonds is 0. The molecule has 0 aliphatic heterocycles. The smallest absolute Gasteiger partial charge is 0.0106 e. The number of allylic oxidation sites excluding steroid dienone is 4. The van der Waals surface area contributed by atoms with Gasteiger partial charge in [0.1, 0.15) is 0 Å². The van der Waals surface area contributed by atoms with Gasteiger partial charge in [-0.3, -0.25) is 0 Å². The van der Waals surface area contributed by atoms with Crippen LogP contribution in [0.5, 0.6) is 0 Å². The van der Waals surface area contributed by atoms with Gasteiger partial charge in [0.25, 0.3) is 0 Å². The summed E-state index contributed by atoms with van der Waals surface area (Å²) in [6.07, 6.45) is 10.2. The first kappa shape index (κ1) is 6.05. The molecule has 3 aliphatic rings. The van der Waals surface area contributed by atoms with Crippen LogP contribution in [0, 0.1) is 23.7 Å². The molecular formula is C11H14. The second kappa shape index (κ2) is 1.80. The first-order chi connectivity index (χ1) is 5.36. The fraction of sp³-hybridized carbons (Fsp3) is 0.636. The molecule has 0 aromatic heterocycles. The Balaban J connectivity index is 2.03. The Hall–Kier alpha value is -0.520. The highest BCUT2D eigenvalue weighted by Gasteiger charge is 2.46. The molecule has 1 saturated carbocycles. The molecule has 58 valence electrons. The molecule has 0 nitrogen and oxygen atoms in total. The predicted octanol–water partition coefficient (Wildman–Crippen LogP) is 2.77. The van der Waals surface area contributed by atoms with Gasteiger partial charge in [-0.15, -0.1) is 0 Å². The lowest BCUT2D eigenvalue weighted by Gasteiger charge is -2.21. The van der Waals surface area contributed by atoms with Gasteiger partial charge in [-0.25, -0.2) is 0 Å². The highest BCUT2D eigenvalue weighted by Crippen LogP contribution is 2.55. The second-order valence-corrected chi connectivity index (χ2v) is 4.32. The van der Waals surface area contributed by atoms with Gasteiger partial charge < -0.3 is 0 Å². The van der Waals surface area contributed by atoms with Crippen LogP contribution in [0.2, 0.25) is 0 Å². The minimum absolute atomic E-state index is 0.920. The summed E-state index contributed by atoms with van der Waals surface area (Å²) in [6.45, 7) is 2.32. The Morgan fingerprint density at radius 3 is 2.91 bits per heavy atom. The zero-order valence-electron chi connectivity index (χ0n) is 6.96. The van der Waals surface area contributed by atoms with Crippen LogP contribution in [-0.2, 0) is 0 Å². The molecule has 0 amide bonds. The van der Waals surface area contributed by atoms with Crippen molar-refractivity contribution in [2.45, 2.75) is 19.8 Å². The standard InChI is InChI=1S/C11H14/c1-7-2-5-10-8-3-4-9(6-8)11(7)10/h2-4,8-11H,5-6H2,1H3. The van der Waals surface area contributed by atoms with Crippen LogP contribution in [0.25, 0.3) is 0 Å². The third-order valence-corrected chi connectivity index (χ3v) is 3.86. The molecule has 4 atom stereocenters. The van der Waals surface area contributed by atoms with Crippen LogP contribution in [-0.4, -0.2) is 0 Å². The Morgan fingerprint density at radius 1 is 1.27 bits per heavy atom. The molecule has 3 rings (SSSR count). The van der Waals surface area contributed by atoms with E-state index >= 15 is 0 Å². The monoisotopic (exact) mass is 146 g/mol. The summed E-state index contributed by atoms with van der Waals surface area (Å²) >= 11 is 0. The van der Waals surface area contributed by atoms with Crippen molar-refractivity contribution in [3.05, 3.63) is 23.8 Å². The van der Waals surface area contributed by atoms with Gasteiger partial charge in [0, 0.05) is 0 Å². The molecule has 0 heterocycles. The molecule has 3 aliphatic carbocycles. The van der Waals surface area contributed by atoms with E-state index in [9.17, 15) is 0 Å². The van der Waals surface area contributed by atoms with Gasteiger partial charge in [-0.05, 0) is 43.4 Å². The quantitative estimate of drug-likeness (QED) is 0.461. The highest BCUT2D eigenvalue weighted by atomic mass is 14.5. The zero-order valence-corrected chi connectivity index (χ0v) is 6.96. The van der Waals surface area contributed by atoms with Crippen molar-refractivity contribution in [1.29, 1.82) is 0 Å². The van der Waals surface area contributed by atoms with Crippen molar-refractivity contribution in [1.82, 2.24) is 0 Å². The molecule has 0 heteroatoms. The molecule has 0 saturated heterocycles. The lowest BCUT2D eigenvalue weighted by atomic mass is 9.83. The average Bonchev–Trinajstić information content (AvgIpc) is 2.60. The van der Waals surface area contributed by atoms with E-state index < -0.39 is 0 Å². The summed E-state index contributed by atoms with van der Waals surface area (Å²) in [5.74, 6) is 3.82. The molecule has 0 N–H and O–H groups in total. The summed E-state index contributed by atoms with van der Waals surface area (Å²) in [4.78, 5) is 0. The van der Waals surface area contributed by atoms with Crippen LogP contribution in [0.3, 0.4) is 0 Å². The lowest BCUT2D eigenvalue weighted by molar-refractivity contribution is 0.385. The minimum atomic E-state index is 0.920. The fourth-order valence-electron chi connectivity index (χ4n) is 3.38. The largest absolute Gasteiger partial charge is 0.0850 e. The molecule has 0 aromatic carbocycles. The molecule has 0 aromatic rings. The van der Waals surface area contributed by atoms with Crippen LogP contribution in [0.4, 0.5) is 0 Å². The van der Waals surface area contributed by atoms with E-state index in [-0.39, 0.29) is 0 Å². The number of hydrogen-bond acceptors (Lipinski definition) is 0. The normalized spacial score (nSPS) is 51.5. The second-order valence-electron chi connectivity index (χ2n) is 4.32. The van der Waals surface area contributed by atoms with Crippen LogP contribution in [0.15, 0.2) is 23.8 Å². The topological polar surface area (TPSA) is 0 Å². The first-order valence-corrected chi connectivity index (χ1v) is 4.71. The Labute approximate surface area is 68.0 Å². The van der Waals surface area contributed by atoms with Crippen molar-refractivity contribution in [3.63, 3.8) is 0 Å². The molecule has 2 bridgehead atoms. The van der Waals surface area contributed by atoms with E-state index in [1.54, 1.807) is 5.57 Å². The molecular weight excluding hydrogens is 132 g/mol. The minimum Gasteiger partial charge on any atom is -0.0850 e. The van der Waals surface area contributed by atoms with E-state index in [4.69, 9.17) is 0 Å². The maximum Gasteiger partial charge on any atom is -0.0106 e. The maximum atomic E-state index is 2.46. The highest BCUT2D eigenvalue weighted by molar-refractivity contribution is 5.26. The Bertz CT molecular complexity index is 247. The molecule has 0 radical (unpaired) electrons. The summed E-state index contributed by atoms with van der Waals surface area (Å²) in [5, 5.41) is 0. The zero-order chi connectivity index (χ0) is 7.42. The van der Waals surface area contributed by atoms with Gasteiger partial charge in [0.05, 0.1) is 0 Å².